The number of amides is 2. The van der Waals surface area contributed by atoms with E-state index in [0.29, 0.717) is 10.9 Å². The first-order chi connectivity index (χ1) is 7.50. The molecule has 0 radical (unpaired) electrons. The number of benzene rings is 1. The van der Waals surface area contributed by atoms with Gasteiger partial charge in [-0.2, -0.15) is 13.5 Å². The number of nitrogens with zero attached hydrogens (tertiary/aromatic N) is 1. The summed E-state index contributed by atoms with van der Waals surface area (Å²) >= 11 is 0. The number of hydrogen-bond donors (Lipinski definition) is 3. The maximum atomic E-state index is 11.6. The first-order valence-corrected chi connectivity index (χ1v) is 5.74. The fourth-order valence-electron chi connectivity index (χ4n) is 1.32. The van der Waals surface area contributed by atoms with E-state index in [4.69, 9.17) is 5.73 Å². The van der Waals surface area contributed by atoms with Crippen LogP contribution >= 0.6 is 0 Å². The Balaban J connectivity index is 2.60. The summed E-state index contributed by atoms with van der Waals surface area (Å²) in [7, 11) is -3.99. The van der Waals surface area contributed by atoms with Crippen LogP contribution in [-0.4, -0.2) is 24.6 Å². The molecule has 4 N–H and O–H groups in total. The Bertz CT molecular complexity index is 646. The second-order valence-electron chi connectivity index (χ2n) is 3.04. The number of carbonyl (C=O) groups excluding carboxylic acids is 1. The number of aromatic nitrogens is 2. The lowest BCUT2D eigenvalue weighted by atomic mass is 10.3. The summed E-state index contributed by atoms with van der Waals surface area (Å²) < 4.78 is 24.9. The number of para-hydroxylation sites is 1. The van der Waals surface area contributed by atoms with Gasteiger partial charge in [0, 0.05) is 5.39 Å². The summed E-state index contributed by atoms with van der Waals surface area (Å²) in [6.07, 6.45) is 0. The molecule has 7 nitrogen and oxygen atoms in total. The Hall–Kier alpha value is -2.09. The highest BCUT2D eigenvalue weighted by molar-refractivity contribution is 7.90. The minimum absolute atomic E-state index is 0.179. The summed E-state index contributed by atoms with van der Waals surface area (Å²) in [5.74, 6) is 0. The van der Waals surface area contributed by atoms with Gasteiger partial charge in [0.25, 0.3) is 10.0 Å². The first kappa shape index (κ1) is 10.4. The van der Waals surface area contributed by atoms with E-state index in [1.165, 1.54) is 0 Å². The summed E-state index contributed by atoms with van der Waals surface area (Å²) in [6, 6.07) is 5.48. The van der Waals surface area contributed by atoms with Crippen LogP contribution in [0, 0.1) is 0 Å². The van der Waals surface area contributed by atoms with Gasteiger partial charge in [-0.1, -0.05) is 12.1 Å². The average molecular weight is 240 g/mol. The number of sulfonamides is 1. The van der Waals surface area contributed by atoms with Crippen molar-refractivity contribution in [1.29, 1.82) is 0 Å². The zero-order chi connectivity index (χ0) is 11.8. The van der Waals surface area contributed by atoms with E-state index in [1.54, 1.807) is 29.0 Å². The predicted octanol–water partition coefficient (Wildman–Crippen LogP) is -0.0801. The third kappa shape index (κ3) is 1.70. The Labute approximate surface area is 90.7 Å². The van der Waals surface area contributed by atoms with E-state index in [-0.39, 0.29) is 5.03 Å². The molecule has 0 aliphatic heterocycles. The summed E-state index contributed by atoms with van der Waals surface area (Å²) in [4.78, 5) is 10.5. The predicted molar refractivity (Wildman–Crippen MR) is 56.0 cm³/mol. The van der Waals surface area contributed by atoms with Crippen LogP contribution in [-0.2, 0) is 10.0 Å². The minimum atomic E-state index is -3.99. The van der Waals surface area contributed by atoms with Crippen molar-refractivity contribution in [3.05, 3.63) is 24.3 Å². The molecule has 0 atom stereocenters. The number of nitrogens with two attached hydrogens (primary N) is 1. The monoisotopic (exact) mass is 240 g/mol. The molecule has 2 amide bonds. The van der Waals surface area contributed by atoms with Crippen molar-refractivity contribution < 1.29 is 13.2 Å². The highest BCUT2D eigenvalue weighted by atomic mass is 32.2. The van der Waals surface area contributed by atoms with Crippen LogP contribution in [0.2, 0.25) is 0 Å². The molecule has 0 aliphatic rings. The van der Waals surface area contributed by atoms with E-state index in [9.17, 15) is 13.2 Å². The molecule has 2 rings (SSSR count). The van der Waals surface area contributed by atoms with E-state index in [0.717, 1.165) is 0 Å². The SMILES string of the molecule is NC(=O)NS(=O)(=O)c1[nH]nc2ccccc12. The molecule has 84 valence electrons. The van der Waals surface area contributed by atoms with Crippen molar-refractivity contribution in [3.63, 3.8) is 0 Å². The van der Waals surface area contributed by atoms with Gasteiger partial charge in [0.05, 0.1) is 5.52 Å². The molecule has 1 heterocycles. The van der Waals surface area contributed by atoms with Gasteiger partial charge in [-0.3, -0.25) is 5.10 Å². The largest absolute Gasteiger partial charge is 0.351 e. The van der Waals surface area contributed by atoms with Crippen LogP contribution in [0.3, 0.4) is 0 Å². The fourth-order valence-corrected chi connectivity index (χ4v) is 2.32. The number of primary amides is 1. The smallest absolute Gasteiger partial charge is 0.326 e. The maximum Gasteiger partial charge on any atom is 0.326 e. The van der Waals surface area contributed by atoms with Crippen LogP contribution in [0.25, 0.3) is 10.9 Å². The van der Waals surface area contributed by atoms with Gasteiger partial charge in [0.2, 0.25) is 0 Å². The molecular weight excluding hydrogens is 232 g/mol. The van der Waals surface area contributed by atoms with Crippen molar-refractivity contribution in [1.82, 2.24) is 14.9 Å². The molecular formula is C8H8N4O3S. The minimum Gasteiger partial charge on any atom is -0.351 e. The van der Waals surface area contributed by atoms with Gasteiger partial charge in [-0.25, -0.2) is 9.52 Å². The number of hydrogen-bond acceptors (Lipinski definition) is 4. The molecule has 0 spiro atoms. The van der Waals surface area contributed by atoms with Crippen LogP contribution in [0.15, 0.2) is 29.3 Å². The van der Waals surface area contributed by atoms with Crippen LogP contribution in [0.4, 0.5) is 4.79 Å². The van der Waals surface area contributed by atoms with Gasteiger partial charge in [-0.15, -0.1) is 0 Å². The molecule has 0 bridgehead atoms. The summed E-state index contributed by atoms with van der Waals surface area (Å²) in [5, 5.41) is 6.37. The van der Waals surface area contributed by atoms with Gasteiger partial charge < -0.3 is 5.73 Å². The van der Waals surface area contributed by atoms with Crippen molar-refractivity contribution in [2.45, 2.75) is 5.03 Å². The van der Waals surface area contributed by atoms with Crippen molar-refractivity contribution in [3.8, 4) is 0 Å². The zero-order valence-electron chi connectivity index (χ0n) is 7.97. The quantitative estimate of drug-likeness (QED) is 0.680. The third-order valence-corrected chi connectivity index (χ3v) is 3.25. The van der Waals surface area contributed by atoms with E-state index in [1.807, 2.05) is 0 Å². The number of carbonyl (C=O) groups is 1. The Kier molecular flexibility index (Phi) is 2.27. The number of rotatable bonds is 2. The lowest BCUT2D eigenvalue weighted by molar-refractivity contribution is 0.253. The highest BCUT2D eigenvalue weighted by Gasteiger charge is 2.21. The molecule has 0 saturated carbocycles. The highest BCUT2D eigenvalue weighted by Crippen LogP contribution is 2.18. The second-order valence-corrected chi connectivity index (χ2v) is 4.66. The first-order valence-electron chi connectivity index (χ1n) is 4.26. The molecule has 0 unspecified atom stereocenters. The molecule has 1 aromatic heterocycles. The van der Waals surface area contributed by atoms with E-state index < -0.39 is 16.1 Å². The maximum absolute atomic E-state index is 11.6. The Morgan fingerprint density at radius 3 is 2.75 bits per heavy atom. The molecule has 0 fully saturated rings. The normalized spacial score (nSPS) is 11.5. The average Bonchev–Trinajstić information content (AvgIpc) is 2.59. The van der Waals surface area contributed by atoms with Crippen molar-refractivity contribution in [2.75, 3.05) is 0 Å². The topological polar surface area (TPSA) is 118 Å². The van der Waals surface area contributed by atoms with Crippen LogP contribution < -0.4 is 10.5 Å². The van der Waals surface area contributed by atoms with Gasteiger partial charge in [-0.05, 0) is 12.1 Å². The van der Waals surface area contributed by atoms with E-state index >= 15 is 0 Å². The van der Waals surface area contributed by atoms with E-state index in [2.05, 4.69) is 10.2 Å². The number of fused-ring (bicyclic) bond motifs is 1. The van der Waals surface area contributed by atoms with Crippen LogP contribution in [0.1, 0.15) is 0 Å². The lowest BCUT2D eigenvalue weighted by Gasteiger charge is -2.01. The second kappa shape index (κ2) is 3.49. The Morgan fingerprint density at radius 2 is 2.06 bits per heavy atom. The molecule has 8 heteroatoms. The number of aromatic amines is 1. The number of nitrogens with one attached hydrogen (secondary N) is 2. The Morgan fingerprint density at radius 1 is 1.38 bits per heavy atom. The third-order valence-electron chi connectivity index (χ3n) is 1.93. The summed E-state index contributed by atoms with van der Waals surface area (Å²) in [6.45, 7) is 0. The standard InChI is InChI=1S/C8H8N4O3S/c9-8(13)12-16(14,15)7-5-3-1-2-4-6(5)10-11-7/h1-4H,(H,10,11)(H3,9,12,13). The molecule has 0 saturated heterocycles. The van der Waals surface area contributed by atoms with Gasteiger partial charge in [0.1, 0.15) is 0 Å². The molecule has 0 aliphatic carbocycles. The molecule has 16 heavy (non-hydrogen) atoms. The molecule has 2 aromatic rings. The van der Waals surface area contributed by atoms with Gasteiger partial charge in [0.15, 0.2) is 5.03 Å². The fraction of sp³-hybridized carbons (Fsp3) is 0. The zero-order valence-corrected chi connectivity index (χ0v) is 8.78. The number of urea groups is 1. The van der Waals surface area contributed by atoms with Crippen molar-refractivity contribution >= 4 is 27.0 Å². The number of H-pyrrole nitrogens is 1. The van der Waals surface area contributed by atoms with Gasteiger partial charge >= 0.3 is 6.03 Å². The van der Waals surface area contributed by atoms with Crippen LogP contribution in [0.5, 0.6) is 0 Å². The lowest BCUT2D eigenvalue weighted by Crippen LogP contribution is -2.35. The molecule has 1 aromatic carbocycles. The summed E-state index contributed by atoms with van der Waals surface area (Å²) in [5.41, 5.74) is 5.26. The van der Waals surface area contributed by atoms with Crippen molar-refractivity contribution in [2.24, 2.45) is 5.73 Å².